The van der Waals surface area contributed by atoms with E-state index in [1.165, 1.54) is 5.56 Å². The third-order valence-corrected chi connectivity index (χ3v) is 5.67. The summed E-state index contributed by atoms with van der Waals surface area (Å²) in [5, 5.41) is 0. The van der Waals surface area contributed by atoms with E-state index in [1.54, 1.807) is 6.20 Å². The van der Waals surface area contributed by atoms with Crippen molar-refractivity contribution in [2.24, 2.45) is 0 Å². The Morgan fingerprint density at radius 1 is 1.13 bits per heavy atom. The third kappa shape index (κ3) is 4.35. The van der Waals surface area contributed by atoms with E-state index < -0.39 is 0 Å². The number of nitrogens with two attached hydrogens (primary N) is 1. The van der Waals surface area contributed by atoms with Crippen LogP contribution in [-0.2, 0) is 24.8 Å². The Hall–Kier alpha value is -3.21. The van der Waals surface area contributed by atoms with E-state index in [4.69, 9.17) is 5.73 Å². The van der Waals surface area contributed by atoms with Gasteiger partial charge in [0.25, 0.3) is 0 Å². The molecule has 1 aliphatic heterocycles. The Morgan fingerprint density at radius 2 is 1.90 bits per heavy atom. The van der Waals surface area contributed by atoms with Crippen LogP contribution < -0.4 is 10.6 Å². The van der Waals surface area contributed by atoms with Gasteiger partial charge in [-0.05, 0) is 28.7 Å². The molecule has 0 bridgehead atoms. The van der Waals surface area contributed by atoms with Crippen LogP contribution in [0.2, 0.25) is 0 Å². The number of carbonyl (C=O) groups is 1. The minimum Gasteiger partial charge on any atom is -0.368 e. The number of fused-ring (bicyclic) bond motifs is 1. The van der Waals surface area contributed by atoms with Gasteiger partial charge in [-0.1, -0.05) is 57.2 Å². The maximum absolute atomic E-state index is 12.9. The molecular weight excluding hydrogens is 372 g/mol. The fourth-order valence-electron chi connectivity index (χ4n) is 3.84. The van der Waals surface area contributed by atoms with Gasteiger partial charge in [0.2, 0.25) is 5.95 Å². The quantitative estimate of drug-likeness (QED) is 0.660. The van der Waals surface area contributed by atoms with Gasteiger partial charge in [-0.2, -0.15) is 0 Å². The average molecular weight is 401 g/mol. The zero-order valence-corrected chi connectivity index (χ0v) is 17.9. The number of ketones is 1. The van der Waals surface area contributed by atoms with Gasteiger partial charge in [0.05, 0.1) is 5.69 Å². The highest BCUT2D eigenvalue weighted by Gasteiger charge is 2.19. The molecule has 5 nitrogen and oxygen atoms in total. The molecule has 2 heterocycles. The molecule has 0 aliphatic carbocycles. The van der Waals surface area contributed by atoms with Gasteiger partial charge >= 0.3 is 0 Å². The summed E-state index contributed by atoms with van der Waals surface area (Å²) in [6, 6.07) is 16.3. The molecule has 0 spiro atoms. The van der Waals surface area contributed by atoms with Crippen molar-refractivity contribution >= 4 is 17.4 Å². The van der Waals surface area contributed by atoms with E-state index in [0.717, 1.165) is 47.6 Å². The Labute approximate surface area is 178 Å². The molecule has 30 heavy (non-hydrogen) atoms. The maximum Gasteiger partial charge on any atom is 0.220 e. The average Bonchev–Trinajstić information content (AvgIpc) is 2.73. The summed E-state index contributed by atoms with van der Waals surface area (Å²) in [5.74, 6) is 0.458. The Balaban J connectivity index is 1.48. The maximum atomic E-state index is 12.9. The summed E-state index contributed by atoms with van der Waals surface area (Å²) in [6.07, 6.45) is 3.03. The molecule has 0 amide bonds. The summed E-state index contributed by atoms with van der Waals surface area (Å²) in [6.45, 7) is 8.15. The van der Waals surface area contributed by atoms with Gasteiger partial charge in [-0.15, -0.1) is 0 Å². The first-order valence-electron chi connectivity index (χ1n) is 10.4. The number of hydrogen-bond donors (Lipinski definition) is 1. The van der Waals surface area contributed by atoms with Crippen molar-refractivity contribution in [1.29, 1.82) is 0 Å². The van der Waals surface area contributed by atoms with E-state index in [1.807, 2.05) is 18.2 Å². The smallest absolute Gasteiger partial charge is 0.220 e. The molecule has 0 fully saturated rings. The fourth-order valence-corrected chi connectivity index (χ4v) is 3.84. The first kappa shape index (κ1) is 20.1. The number of benzene rings is 2. The van der Waals surface area contributed by atoms with E-state index >= 15 is 0 Å². The summed E-state index contributed by atoms with van der Waals surface area (Å²) >= 11 is 0. The van der Waals surface area contributed by atoms with Crippen molar-refractivity contribution in [3.63, 3.8) is 0 Å². The van der Waals surface area contributed by atoms with Crippen LogP contribution in [0.4, 0.5) is 11.6 Å². The molecule has 5 heteroatoms. The predicted octanol–water partition coefficient (Wildman–Crippen LogP) is 4.34. The fraction of sp³-hybridized carbons (Fsp3) is 0.320. The number of aromatic nitrogens is 2. The molecule has 1 aliphatic rings. The van der Waals surface area contributed by atoms with E-state index in [-0.39, 0.29) is 11.2 Å². The highest BCUT2D eigenvalue weighted by molar-refractivity contribution is 5.98. The van der Waals surface area contributed by atoms with Crippen molar-refractivity contribution in [3.8, 4) is 0 Å². The van der Waals surface area contributed by atoms with Crippen LogP contribution in [-0.4, -0.2) is 22.3 Å². The molecule has 4 rings (SSSR count). The summed E-state index contributed by atoms with van der Waals surface area (Å²) < 4.78 is 0. The minimum absolute atomic E-state index is 0.112. The second-order valence-electron chi connectivity index (χ2n) is 8.97. The van der Waals surface area contributed by atoms with Crippen molar-refractivity contribution in [2.75, 3.05) is 17.2 Å². The molecule has 0 saturated heterocycles. The minimum atomic E-state index is 0.112. The zero-order chi connectivity index (χ0) is 21.3. The Morgan fingerprint density at radius 3 is 2.63 bits per heavy atom. The highest BCUT2D eigenvalue weighted by atomic mass is 16.1. The van der Waals surface area contributed by atoms with Gasteiger partial charge in [-0.25, -0.2) is 9.97 Å². The first-order chi connectivity index (χ1) is 14.3. The van der Waals surface area contributed by atoms with Crippen molar-refractivity contribution in [3.05, 3.63) is 82.7 Å². The normalized spacial score (nSPS) is 13.8. The van der Waals surface area contributed by atoms with E-state index in [9.17, 15) is 4.79 Å². The van der Waals surface area contributed by atoms with Crippen LogP contribution in [0.25, 0.3) is 0 Å². The largest absolute Gasteiger partial charge is 0.368 e. The lowest BCUT2D eigenvalue weighted by Gasteiger charge is -2.30. The molecule has 0 radical (unpaired) electrons. The molecule has 2 N–H and O–H groups in total. The molecule has 2 aromatic carbocycles. The number of nitrogens with zero attached hydrogens (tertiary/aromatic N) is 3. The number of rotatable bonds is 4. The van der Waals surface area contributed by atoms with E-state index in [0.29, 0.717) is 12.4 Å². The highest BCUT2D eigenvalue weighted by Crippen LogP contribution is 2.25. The van der Waals surface area contributed by atoms with Crippen LogP contribution in [0.3, 0.4) is 0 Å². The number of hydrogen-bond acceptors (Lipinski definition) is 5. The van der Waals surface area contributed by atoms with Gasteiger partial charge in [0.15, 0.2) is 5.78 Å². The monoisotopic (exact) mass is 400 g/mol. The lowest BCUT2D eigenvalue weighted by atomic mass is 9.86. The lowest BCUT2D eigenvalue weighted by molar-refractivity contribution is 0.0993. The lowest BCUT2D eigenvalue weighted by Crippen LogP contribution is -2.31. The van der Waals surface area contributed by atoms with Crippen molar-refractivity contribution in [1.82, 2.24) is 9.97 Å². The standard InChI is InChI=1S/C25H28N4O/c1-25(2,3)20-9-7-17(8-10-20)13-23(30)18-5-4-6-21(14-18)29-12-11-22-19(16-29)15-27-24(26)28-22/h4-10,14-15H,11-13,16H2,1-3H3,(H2,26,27,28). The van der Waals surface area contributed by atoms with Gasteiger partial charge in [0.1, 0.15) is 0 Å². The predicted molar refractivity (Wildman–Crippen MR) is 121 cm³/mol. The zero-order valence-electron chi connectivity index (χ0n) is 17.9. The van der Waals surface area contributed by atoms with Crippen LogP contribution in [0.15, 0.2) is 54.7 Å². The van der Waals surface area contributed by atoms with Crippen molar-refractivity contribution in [2.45, 2.75) is 45.6 Å². The number of nitrogen functional groups attached to an aromatic ring is 1. The second kappa shape index (κ2) is 7.90. The summed E-state index contributed by atoms with van der Waals surface area (Å²) in [5.41, 5.74) is 12.0. The molecular formula is C25H28N4O. The molecule has 0 unspecified atom stereocenters. The Kier molecular flexibility index (Phi) is 5.29. The topological polar surface area (TPSA) is 72.1 Å². The van der Waals surface area contributed by atoms with Gasteiger partial charge in [-0.3, -0.25) is 4.79 Å². The van der Waals surface area contributed by atoms with Crippen LogP contribution in [0, 0.1) is 0 Å². The number of carbonyl (C=O) groups excluding carboxylic acids is 1. The molecule has 1 aromatic heterocycles. The molecule has 154 valence electrons. The number of anilines is 2. The molecule has 3 aromatic rings. The second-order valence-corrected chi connectivity index (χ2v) is 8.97. The van der Waals surface area contributed by atoms with Crippen LogP contribution >= 0.6 is 0 Å². The van der Waals surface area contributed by atoms with Crippen LogP contribution in [0.1, 0.15) is 53.5 Å². The van der Waals surface area contributed by atoms with Gasteiger partial charge < -0.3 is 10.6 Å². The number of Topliss-reactive ketones (excluding diaryl/α,β-unsaturated/α-hetero) is 1. The Bertz CT molecular complexity index is 1070. The summed E-state index contributed by atoms with van der Waals surface area (Å²) in [4.78, 5) is 23.6. The van der Waals surface area contributed by atoms with E-state index in [2.05, 4.69) is 66.0 Å². The SMILES string of the molecule is CC(C)(C)c1ccc(CC(=O)c2cccc(N3CCc4nc(N)ncc4C3)c2)cc1. The first-order valence-corrected chi connectivity index (χ1v) is 10.4. The summed E-state index contributed by atoms with van der Waals surface area (Å²) in [7, 11) is 0. The molecule has 0 saturated carbocycles. The molecule has 0 atom stereocenters. The van der Waals surface area contributed by atoms with Crippen LogP contribution in [0.5, 0.6) is 0 Å². The third-order valence-electron chi connectivity index (χ3n) is 5.67. The van der Waals surface area contributed by atoms with Gasteiger partial charge in [0, 0.05) is 48.9 Å². The van der Waals surface area contributed by atoms with Crippen molar-refractivity contribution < 1.29 is 4.79 Å².